The van der Waals surface area contributed by atoms with Crippen molar-refractivity contribution < 1.29 is 4.79 Å². The van der Waals surface area contributed by atoms with Crippen molar-refractivity contribution in [2.24, 2.45) is 0 Å². The van der Waals surface area contributed by atoms with Gasteiger partial charge in [-0.15, -0.1) is 0 Å². The number of amides is 1. The van der Waals surface area contributed by atoms with E-state index in [2.05, 4.69) is 20.2 Å². The summed E-state index contributed by atoms with van der Waals surface area (Å²) in [6.07, 6.45) is 2.64. The molecular formula is C13H21N5O. The summed E-state index contributed by atoms with van der Waals surface area (Å²) in [6, 6.07) is 1.94. The molecule has 0 saturated carbocycles. The third-order valence-corrected chi connectivity index (χ3v) is 3.34. The fraction of sp³-hybridized carbons (Fsp3) is 0.615. The lowest BCUT2D eigenvalue weighted by molar-refractivity contribution is -0.129. The van der Waals surface area contributed by atoms with Gasteiger partial charge in [0.05, 0.1) is 0 Å². The van der Waals surface area contributed by atoms with Crippen molar-refractivity contribution in [3.8, 4) is 0 Å². The molecule has 1 fully saturated rings. The molecule has 19 heavy (non-hydrogen) atoms. The Hall–Kier alpha value is -1.69. The Bertz CT molecular complexity index is 429. The number of hydrogen-bond donors (Lipinski definition) is 1. The van der Waals surface area contributed by atoms with Crippen LogP contribution in [0, 0.1) is 0 Å². The largest absolute Gasteiger partial charge is 0.353 e. The maximum atomic E-state index is 11.3. The molecule has 1 aromatic heterocycles. The Morgan fingerprint density at radius 3 is 2.74 bits per heavy atom. The zero-order valence-electron chi connectivity index (χ0n) is 11.6. The van der Waals surface area contributed by atoms with Crippen molar-refractivity contribution in [3.05, 3.63) is 18.1 Å². The lowest BCUT2D eigenvalue weighted by Crippen LogP contribution is -2.48. The van der Waals surface area contributed by atoms with Gasteiger partial charge in [-0.05, 0) is 13.1 Å². The highest BCUT2D eigenvalue weighted by atomic mass is 16.2. The molecule has 2 rings (SSSR count). The summed E-state index contributed by atoms with van der Waals surface area (Å²) in [5.41, 5.74) is 0. The number of carbonyl (C=O) groups is 1. The summed E-state index contributed by atoms with van der Waals surface area (Å²) in [4.78, 5) is 24.2. The minimum absolute atomic E-state index is 0.150. The summed E-state index contributed by atoms with van der Waals surface area (Å²) < 4.78 is 0. The molecule has 1 aliphatic heterocycles. The Morgan fingerprint density at radius 2 is 2.11 bits per heavy atom. The molecule has 0 radical (unpaired) electrons. The highest BCUT2D eigenvalue weighted by molar-refractivity contribution is 5.73. The van der Waals surface area contributed by atoms with Crippen molar-refractivity contribution in [3.63, 3.8) is 0 Å². The summed E-state index contributed by atoms with van der Waals surface area (Å²) in [5.74, 6) is 1.97. The first-order chi connectivity index (χ1) is 9.20. The van der Waals surface area contributed by atoms with E-state index in [1.165, 1.54) is 0 Å². The van der Waals surface area contributed by atoms with E-state index in [4.69, 9.17) is 0 Å². The van der Waals surface area contributed by atoms with Gasteiger partial charge in [0.15, 0.2) is 0 Å². The third-order valence-electron chi connectivity index (χ3n) is 3.34. The van der Waals surface area contributed by atoms with E-state index in [0.717, 1.165) is 50.8 Å². The molecule has 0 unspecified atom stereocenters. The Labute approximate surface area is 113 Å². The van der Waals surface area contributed by atoms with Crippen LogP contribution in [0.15, 0.2) is 12.3 Å². The van der Waals surface area contributed by atoms with Crippen LogP contribution in [0.5, 0.6) is 0 Å². The van der Waals surface area contributed by atoms with Crippen LogP contribution in [0.2, 0.25) is 0 Å². The molecule has 1 aromatic rings. The van der Waals surface area contributed by atoms with E-state index in [-0.39, 0.29) is 5.91 Å². The second kappa shape index (κ2) is 6.47. The Morgan fingerprint density at radius 1 is 1.37 bits per heavy atom. The molecule has 1 aliphatic rings. The third kappa shape index (κ3) is 3.64. The topological polar surface area (TPSA) is 61.4 Å². The zero-order chi connectivity index (χ0) is 13.7. The first-order valence-corrected chi connectivity index (χ1v) is 6.67. The second-order valence-corrected chi connectivity index (χ2v) is 4.68. The molecule has 1 saturated heterocycles. The lowest BCUT2D eigenvalue weighted by Gasteiger charge is -2.34. The average Bonchev–Trinajstić information content (AvgIpc) is 2.45. The van der Waals surface area contributed by atoms with Crippen molar-refractivity contribution in [2.75, 3.05) is 44.7 Å². The Kier molecular flexibility index (Phi) is 4.68. The number of anilines is 1. The van der Waals surface area contributed by atoms with Gasteiger partial charge in [-0.1, -0.05) is 0 Å². The molecule has 1 amide bonds. The predicted octanol–water partition coefficient (Wildman–Crippen LogP) is -0.0930. The van der Waals surface area contributed by atoms with Crippen molar-refractivity contribution in [1.82, 2.24) is 20.2 Å². The van der Waals surface area contributed by atoms with Gasteiger partial charge in [-0.3, -0.25) is 4.79 Å². The normalized spacial score (nSPS) is 15.7. The van der Waals surface area contributed by atoms with E-state index in [9.17, 15) is 4.79 Å². The SMILES string of the molecule is CNCCc1nccc(N2CCN(C(C)=O)CC2)n1. The molecule has 0 aliphatic carbocycles. The number of carbonyl (C=O) groups excluding carboxylic acids is 1. The number of nitrogens with zero attached hydrogens (tertiary/aromatic N) is 4. The molecule has 2 heterocycles. The van der Waals surface area contributed by atoms with Gasteiger partial charge in [0.25, 0.3) is 0 Å². The highest BCUT2D eigenvalue weighted by Crippen LogP contribution is 2.13. The van der Waals surface area contributed by atoms with Crippen LogP contribution in [0.4, 0.5) is 5.82 Å². The zero-order valence-corrected chi connectivity index (χ0v) is 11.6. The minimum atomic E-state index is 0.150. The second-order valence-electron chi connectivity index (χ2n) is 4.68. The molecule has 1 N–H and O–H groups in total. The van der Waals surface area contributed by atoms with E-state index >= 15 is 0 Å². The quantitative estimate of drug-likeness (QED) is 0.822. The van der Waals surface area contributed by atoms with Crippen molar-refractivity contribution in [1.29, 1.82) is 0 Å². The maximum absolute atomic E-state index is 11.3. The summed E-state index contributed by atoms with van der Waals surface area (Å²) in [6.45, 7) is 5.71. The van der Waals surface area contributed by atoms with Gasteiger partial charge >= 0.3 is 0 Å². The summed E-state index contributed by atoms with van der Waals surface area (Å²) in [7, 11) is 1.92. The smallest absolute Gasteiger partial charge is 0.219 e. The average molecular weight is 263 g/mol. The molecular weight excluding hydrogens is 242 g/mol. The number of piperazine rings is 1. The van der Waals surface area contributed by atoms with Gasteiger partial charge in [0.1, 0.15) is 11.6 Å². The standard InChI is InChI=1S/C13H21N5O/c1-11(19)17-7-9-18(10-8-17)13-4-6-15-12(16-13)3-5-14-2/h4,6,14H,3,5,7-10H2,1-2H3. The van der Waals surface area contributed by atoms with Gasteiger partial charge in [0, 0.05) is 52.3 Å². The molecule has 6 heteroatoms. The molecule has 0 bridgehead atoms. The lowest BCUT2D eigenvalue weighted by atomic mass is 10.3. The number of aromatic nitrogens is 2. The van der Waals surface area contributed by atoms with Crippen molar-refractivity contribution >= 4 is 11.7 Å². The monoisotopic (exact) mass is 263 g/mol. The van der Waals surface area contributed by atoms with Crippen LogP contribution >= 0.6 is 0 Å². The molecule has 0 spiro atoms. The van der Waals surface area contributed by atoms with E-state index < -0.39 is 0 Å². The van der Waals surface area contributed by atoms with Crippen LogP contribution in [0.3, 0.4) is 0 Å². The number of rotatable bonds is 4. The van der Waals surface area contributed by atoms with Crippen LogP contribution in [-0.2, 0) is 11.2 Å². The fourth-order valence-electron chi connectivity index (χ4n) is 2.17. The molecule has 0 atom stereocenters. The van der Waals surface area contributed by atoms with Gasteiger partial charge in [-0.25, -0.2) is 9.97 Å². The van der Waals surface area contributed by atoms with Crippen molar-refractivity contribution in [2.45, 2.75) is 13.3 Å². The molecule has 0 aromatic carbocycles. The van der Waals surface area contributed by atoms with Gasteiger partial charge in [-0.2, -0.15) is 0 Å². The molecule has 104 valence electrons. The fourth-order valence-corrected chi connectivity index (χ4v) is 2.17. The van der Waals surface area contributed by atoms with E-state index in [1.54, 1.807) is 6.92 Å². The minimum Gasteiger partial charge on any atom is -0.353 e. The number of hydrogen-bond acceptors (Lipinski definition) is 5. The first-order valence-electron chi connectivity index (χ1n) is 6.67. The van der Waals surface area contributed by atoms with Crippen LogP contribution in [-0.4, -0.2) is 60.5 Å². The van der Waals surface area contributed by atoms with Crippen LogP contribution in [0.1, 0.15) is 12.7 Å². The first kappa shape index (κ1) is 13.7. The van der Waals surface area contributed by atoms with Crippen LogP contribution in [0.25, 0.3) is 0 Å². The van der Waals surface area contributed by atoms with Gasteiger partial charge < -0.3 is 15.1 Å². The van der Waals surface area contributed by atoms with Gasteiger partial charge in [0.2, 0.25) is 5.91 Å². The predicted molar refractivity (Wildman–Crippen MR) is 74.1 cm³/mol. The maximum Gasteiger partial charge on any atom is 0.219 e. The number of nitrogens with one attached hydrogen (secondary N) is 1. The summed E-state index contributed by atoms with van der Waals surface area (Å²) >= 11 is 0. The van der Waals surface area contributed by atoms with Crippen LogP contribution < -0.4 is 10.2 Å². The summed E-state index contributed by atoms with van der Waals surface area (Å²) in [5, 5.41) is 3.10. The highest BCUT2D eigenvalue weighted by Gasteiger charge is 2.19. The van der Waals surface area contributed by atoms with E-state index in [0.29, 0.717) is 0 Å². The van der Waals surface area contributed by atoms with E-state index in [1.807, 2.05) is 24.2 Å². The Balaban J connectivity index is 1.97. The number of likely N-dealkylation sites (N-methyl/N-ethyl adjacent to an activating group) is 1. The molecule has 6 nitrogen and oxygen atoms in total.